The largest absolute Gasteiger partial charge is 0.489 e. The minimum atomic E-state index is -0.184. The monoisotopic (exact) mass is 344 g/mol. The highest BCUT2D eigenvalue weighted by atomic mass is 16.5. The van der Waals surface area contributed by atoms with Crippen molar-refractivity contribution in [2.24, 2.45) is 5.92 Å². The van der Waals surface area contributed by atoms with Crippen molar-refractivity contribution in [3.63, 3.8) is 0 Å². The van der Waals surface area contributed by atoms with E-state index >= 15 is 0 Å². The lowest BCUT2D eigenvalue weighted by Gasteiger charge is -2.33. The van der Waals surface area contributed by atoms with Crippen LogP contribution in [0.25, 0.3) is 0 Å². The van der Waals surface area contributed by atoms with Crippen molar-refractivity contribution in [1.82, 2.24) is 10.1 Å². The number of aliphatic hydroxyl groups excluding tert-OH is 1. The number of rotatable bonds is 6. The van der Waals surface area contributed by atoms with Gasteiger partial charge in [-0.3, -0.25) is 4.90 Å². The van der Waals surface area contributed by atoms with E-state index in [0.29, 0.717) is 12.5 Å². The topological polar surface area (TPSA) is 58.7 Å². The zero-order valence-electron chi connectivity index (χ0n) is 15.4. The van der Waals surface area contributed by atoms with Crippen molar-refractivity contribution >= 4 is 0 Å². The fourth-order valence-corrected chi connectivity index (χ4v) is 3.41. The molecule has 1 aliphatic rings. The molecule has 1 aromatic heterocycles. The van der Waals surface area contributed by atoms with Gasteiger partial charge in [0.05, 0.1) is 17.4 Å². The number of nitrogens with zero attached hydrogens (tertiary/aromatic N) is 2. The normalized spacial score (nSPS) is 17.6. The maximum absolute atomic E-state index is 9.69. The maximum Gasteiger partial charge on any atom is 0.140 e. The molecule has 5 nitrogen and oxygen atoms in total. The van der Waals surface area contributed by atoms with Gasteiger partial charge in [0, 0.05) is 6.54 Å². The molecule has 1 aliphatic heterocycles. The predicted octanol–water partition coefficient (Wildman–Crippen LogP) is 3.46. The summed E-state index contributed by atoms with van der Waals surface area (Å²) in [6, 6.07) is 8.30. The third-order valence-electron chi connectivity index (χ3n) is 5.21. The van der Waals surface area contributed by atoms with Gasteiger partial charge in [0.2, 0.25) is 0 Å². The summed E-state index contributed by atoms with van der Waals surface area (Å²) in [6.07, 6.45) is 1.98. The lowest BCUT2D eigenvalue weighted by atomic mass is 9.92. The molecule has 1 unspecified atom stereocenters. The van der Waals surface area contributed by atoms with Gasteiger partial charge in [0.25, 0.3) is 0 Å². The zero-order valence-corrected chi connectivity index (χ0v) is 15.4. The Morgan fingerprint density at radius 2 is 1.92 bits per heavy atom. The van der Waals surface area contributed by atoms with Gasteiger partial charge in [-0.15, -0.1) is 0 Å². The first-order valence-corrected chi connectivity index (χ1v) is 9.07. The molecular weight excluding hydrogens is 316 g/mol. The average molecular weight is 344 g/mol. The number of aliphatic hydroxyl groups is 1. The van der Waals surface area contributed by atoms with E-state index in [-0.39, 0.29) is 6.10 Å². The van der Waals surface area contributed by atoms with Gasteiger partial charge >= 0.3 is 0 Å². The first-order valence-electron chi connectivity index (χ1n) is 9.07. The third-order valence-corrected chi connectivity index (χ3v) is 5.21. The fraction of sp³-hybridized carbons (Fsp3) is 0.550. The summed E-state index contributed by atoms with van der Waals surface area (Å²) in [5.41, 5.74) is 3.19. The van der Waals surface area contributed by atoms with Gasteiger partial charge in [-0.05, 0) is 70.3 Å². The van der Waals surface area contributed by atoms with Crippen molar-refractivity contribution in [2.45, 2.75) is 52.9 Å². The summed E-state index contributed by atoms with van der Waals surface area (Å²) in [5, 5.41) is 13.6. The Labute approximate surface area is 149 Å². The Hall–Kier alpha value is -1.85. The van der Waals surface area contributed by atoms with Crippen molar-refractivity contribution in [1.29, 1.82) is 0 Å². The van der Waals surface area contributed by atoms with E-state index in [9.17, 15) is 5.11 Å². The smallest absolute Gasteiger partial charge is 0.140 e. The molecule has 1 N–H and O–H groups in total. The summed E-state index contributed by atoms with van der Waals surface area (Å²) in [4.78, 5) is 2.46. The van der Waals surface area contributed by atoms with Crippen LogP contribution in [0, 0.1) is 19.8 Å². The molecule has 1 atom stereocenters. The van der Waals surface area contributed by atoms with Crippen LogP contribution < -0.4 is 4.74 Å². The molecule has 0 bridgehead atoms. The minimum absolute atomic E-state index is 0.184. The van der Waals surface area contributed by atoms with Crippen molar-refractivity contribution in [3.8, 4) is 5.75 Å². The second kappa shape index (κ2) is 8.02. The van der Waals surface area contributed by atoms with E-state index in [0.717, 1.165) is 55.2 Å². The van der Waals surface area contributed by atoms with Gasteiger partial charge in [-0.25, -0.2) is 0 Å². The van der Waals surface area contributed by atoms with Crippen molar-refractivity contribution < 1.29 is 14.4 Å². The van der Waals surface area contributed by atoms with Gasteiger partial charge < -0.3 is 14.4 Å². The average Bonchev–Trinajstić information content (AvgIpc) is 2.93. The second-order valence-electron chi connectivity index (χ2n) is 7.09. The SMILES string of the molecule is Cc1noc(C)c1COc1ccc(CN2CCC(C(C)O)CC2)cc1. The van der Waals surface area contributed by atoms with Crippen molar-refractivity contribution in [3.05, 3.63) is 46.8 Å². The zero-order chi connectivity index (χ0) is 17.8. The van der Waals surface area contributed by atoms with Crippen LogP contribution in [0.2, 0.25) is 0 Å². The van der Waals surface area contributed by atoms with E-state index in [1.807, 2.05) is 32.9 Å². The van der Waals surface area contributed by atoms with Crippen molar-refractivity contribution in [2.75, 3.05) is 13.1 Å². The molecular formula is C20H28N2O3. The van der Waals surface area contributed by atoms with Gasteiger partial charge in [-0.2, -0.15) is 0 Å². The Morgan fingerprint density at radius 3 is 2.48 bits per heavy atom. The number of ether oxygens (including phenoxy) is 1. The summed E-state index contributed by atoms with van der Waals surface area (Å²) in [7, 11) is 0. The molecule has 1 aromatic carbocycles. The van der Waals surface area contributed by atoms with E-state index < -0.39 is 0 Å². The van der Waals surface area contributed by atoms with Gasteiger partial charge in [-0.1, -0.05) is 17.3 Å². The molecule has 2 aromatic rings. The number of likely N-dealkylation sites (tertiary alicyclic amines) is 1. The van der Waals surface area contributed by atoms with Crippen LogP contribution in [0.3, 0.4) is 0 Å². The van der Waals surface area contributed by atoms with E-state index in [2.05, 4.69) is 22.2 Å². The molecule has 0 amide bonds. The Bertz CT molecular complexity index is 651. The highest BCUT2D eigenvalue weighted by Gasteiger charge is 2.22. The first-order chi connectivity index (χ1) is 12.0. The quantitative estimate of drug-likeness (QED) is 0.869. The van der Waals surface area contributed by atoms with Gasteiger partial charge in [0.1, 0.15) is 18.1 Å². The Kier molecular flexibility index (Phi) is 5.76. The third kappa shape index (κ3) is 4.61. The number of piperidine rings is 1. The molecule has 0 saturated carbocycles. The van der Waals surface area contributed by atoms with E-state index in [1.165, 1.54) is 5.56 Å². The van der Waals surface area contributed by atoms with E-state index in [1.54, 1.807) is 0 Å². The van der Waals surface area contributed by atoms with Crippen LogP contribution in [0.1, 0.15) is 42.3 Å². The summed E-state index contributed by atoms with van der Waals surface area (Å²) < 4.78 is 11.0. The molecule has 0 aliphatic carbocycles. The summed E-state index contributed by atoms with van der Waals surface area (Å²) in [5.74, 6) is 2.13. The van der Waals surface area contributed by atoms with Crippen LogP contribution in [-0.2, 0) is 13.2 Å². The first kappa shape index (κ1) is 18.0. The molecule has 25 heavy (non-hydrogen) atoms. The standard InChI is InChI=1S/C20H28N2O3/c1-14-20(16(3)25-21-14)13-24-19-6-4-17(5-7-19)12-22-10-8-18(9-11-22)15(2)23/h4-7,15,18,23H,8-13H2,1-3H3. The predicted molar refractivity (Wildman–Crippen MR) is 96.4 cm³/mol. The number of aromatic nitrogens is 1. The fourth-order valence-electron chi connectivity index (χ4n) is 3.41. The molecule has 0 spiro atoms. The summed E-state index contributed by atoms with van der Waals surface area (Å²) in [6.45, 7) is 9.28. The molecule has 1 saturated heterocycles. The highest BCUT2D eigenvalue weighted by molar-refractivity contribution is 5.28. The second-order valence-corrected chi connectivity index (χ2v) is 7.09. The number of hydrogen-bond acceptors (Lipinski definition) is 5. The Balaban J connectivity index is 1.49. The molecule has 3 rings (SSSR count). The number of benzene rings is 1. The van der Waals surface area contributed by atoms with Crippen LogP contribution in [-0.4, -0.2) is 34.4 Å². The lowest BCUT2D eigenvalue weighted by Crippen LogP contribution is -2.36. The van der Waals surface area contributed by atoms with Crippen LogP contribution >= 0.6 is 0 Å². The minimum Gasteiger partial charge on any atom is -0.489 e. The molecule has 0 radical (unpaired) electrons. The molecule has 136 valence electrons. The van der Waals surface area contributed by atoms with Crippen LogP contribution in [0.15, 0.2) is 28.8 Å². The summed E-state index contributed by atoms with van der Waals surface area (Å²) >= 11 is 0. The highest BCUT2D eigenvalue weighted by Crippen LogP contribution is 2.23. The lowest BCUT2D eigenvalue weighted by molar-refractivity contribution is 0.0695. The van der Waals surface area contributed by atoms with Gasteiger partial charge in [0.15, 0.2) is 0 Å². The van der Waals surface area contributed by atoms with Crippen LogP contribution in [0.5, 0.6) is 5.75 Å². The maximum atomic E-state index is 9.69. The molecule has 5 heteroatoms. The van der Waals surface area contributed by atoms with E-state index in [4.69, 9.17) is 9.26 Å². The van der Waals surface area contributed by atoms with Crippen LogP contribution in [0.4, 0.5) is 0 Å². The number of hydrogen-bond donors (Lipinski definition) is 1. The molecule has 2 heterocycles. The Morgan fingerprint density at radius 1 is 1.24 bits per heavy atom. The molecule has 1 fully saturated rings. The number of aryl methyl sites for hydroxylation is 2.